The molecule has 0 unspecified atom stereocenters. The Labute approximate surface area is 137 Å². The lowest BCUT2D eigenvalue weighted by Gasteiger charge is -2.11. The Bertz CT molecular complexity index is 790. The molecule has 0 fully saturated rings. The molecule has 0 aliphatic heterocycles. The monoisotopic (exact) mass is 410 g/mol. The van der Waals surface area contributed by atoms with E-state index in [2.05, 4.69) is 47.0 Å². The molecular weight excluding hydrogens is 404 g/mol. The van der Waals surface area contributed by atoms with Gasteiger partial charge < -0.3 is 0 Å². The largest absolute Gasteiger partial charge is 0.266 e. The standard InChI is InChI=1S/C13H8Br2N4S/c14-9-2-1-3-10(15)11(9)19-12(17-18-13(19)20)8-4-6-16-7-5-8/h1-7H,(H,18,20). The van der Waals surface area contributed by atoms with Crippen molar-refractivity contribution in [1.82, 2.24) is 19.7 Å². The molecule has 1 N–H and O–H groups in total. The van der Waals surface area contributed by atoms with Gasteiger partial charge in [-0.05, 0) is 68.3 Å². The maximum atomic E-state index is 5.36. The summed E-state index contributed by atoms with van der Waals surface area (Å²) < 4.78 is 4.28. The van der Waals surface area contributed by atoms with Gasteiger partial charge in [-0.25, -0.2) is 0 Å². The quantitative estimate of drug-likeness (QED) is 0.630. The summed E-state index contributed by atoms with van der Waals surface area (Å²) in [6.45, 7) is 0. The third-order valence-electron chi connectivity index (χ3n) is 2.77. The maximum absolute atomic E-state index is 5.36. The van der Waals surface area contributed by atoms with Crippen molar-refractivity contribution in [3.05, 3.63) is 56.4 Å². The van der Waals surface area contributed by atoms with Gasteiger partial charge in [0.25, 0.3) is 0 Å². The average molecular weight is 412 g/mol. The zero-order valence-corrected chi connectivity index (χ0v) is 14.0. The van der Waals surface area contributed by atoms with Gasteiger partial charge in [0.2, 0.25) is 0 Å². The number of aromatic amines is 1. The van der Waals surface area contributed by atoms with Crippen molar-refractivity contribution in [3.63, 3.8) is 0 Å². The Morgan fingerprint density at radius 2 is 1.70 bits per heavy atom. The van der Waals surface area contributed by atoms with Crippen LogP contribution >= 0.6 is 44.1 Å². The molecule has 0 saturated carbocycles. The molecule has 0 atom stereocenters. The Kier molecular flexibility index (Phi) is 3.82. The Morgan fingerprint density at radius 1 is 1.05 bits per heavy atom. The predicted molar refractivity (Wildman–Crippen MR) is 87.4 cm³/mol. The number of aromatic nitrogens is 4. The van der Waals surface area contributed by atoms with E-state index in [4.69, 9.17) is 12.2 Å². The normalized spacial score (nSPS) is 10.7. The van der Waals surface area contributed by atoms with E-state index >= 15 is 0 Å². The van der Waals surface area contributed by atoms with Crippen molar-refractivity contribution in [1.29, 1.82) is 0 Å². The van der Waals surface area contributed by atoms with Crippen LogP contribution in [0, 0.1) is 4.77 Å². The molecular formula is C13H8Br2N4S. The molecule has 0 saturated heterocycles. The van der Waals surface area contributed by atoms with Crippen molar-refractivity contribution in [2.75, 3.05) is 0 Å². The van der Waals surface area contributed by atoms with Gasteiger partial charge in [0.15, 0.2) is 10.6 Å². The van der Waals surface area contributed by atoms with Gasteiger partial charge in [0, 0.05) is 26.9 Å². The van der Waals surface area contributed by atoms with E-state index in [1.807, 2.05) is 34.9 Å². The lowest BCUT2D eigenvalue weighted by atomic mass is 10.2. The van der Waals surface area contributed by atoms with E-state index in [0.29, 0.717) is 4.77 Å². The minimum atomic E-state index is 0.532. The fourth-order valence-corrected chi connectivity index (χ4v) is 3.48. The smallest absolute Gasteiger partial charge is 0.200 e. The molecule has 7 heteroatoms. The molecule has 0 spiro atoms. The highest BCUT2D eigenvalue weighted by atomic mass is 79.9. The third kappa shape index (κ3) is 2.36. The van der Waals surface area contributed by atoms with Crippen LogP contribution in [0.4, 0.5) is 0 Å². The maximum Gasteiger partial charge on any atom is 0.200 e. The zero-order chi connectivity index (χ0) is 14.1. The highest BCUT2D eigenvalue weighted by molar-refractivity contribution is 9.11. The molecule has 0 radical (unpaired) electrons. The molecule has 1 aromatic carbocycles. The number of benzene rings is 1. The molecule has 0 aliphatic carbocycles. The SMILES string of the molecule is S=c1[nH]nc(-c2ccncc2)n1-c1c(Br)cccc1Br. The van der Waals surface area contributed by atoms with E-state index in [0.717, 1.165) is 26.0 Å². The van der Waals surface area contributed by atoms with Crippen LogP contribution in [0.15, 0.2) is 51.7 Å². The number of para-hydroxylation sites is 1. The summed E-state index contributed by atoms with van der Waals surface area (Å²) in [6.07, 6.45) is 3.46. The van der Waals surface area contributed by atoms with Crippen LogP contribution in [-0.4, -0.2) is 19.7 Å². The topological polar surface area (TPSA) is 46.5 Å². The summed E-state index contributed by atoms with van der Waals surface area (Å²) in [5.74, 6) is 0.741. The zero-order valence-electron chi connectivity index (χ0n) is 10.0. The second-order valence-corrected chi connectivity index (χ2v) is 6.09. The first kappa shape index (κ1) is 13.7. The van der Waals surface area contributed by atoms with Crippen molar-refractivity contribution in [2.45, 2.75) is 0 Å². The van der Waals surface area contributed by atoms with E-state index in [1.165, 1.54) is 0 Å². The number of pyridine rings is 1. The van der Waals surface area contributed by atoms with Crippen LogP contribution in [0.1, 0.15) is 0 Å². The number of rotatable bonds is 2. The number of hydrogen-bond acceptors (Lipinski definition) is 3. The van der Waals surface area contributed by atoms with Crippen molar-refractivity contribution in [3.8, 4) is 17.1 Å². The lowest BCUT2D eigenvalue weighted by molar-refractivity contribution is 1.02. The van der Waals surface area contributed by atoms with E-state index in [1.54, 1.807) is 12.4 Å². The Morgan fingerprint density at radius 3 is 2.35 bits per heavy atom. The second kappa shape index (κ2) is 5.59. The fourth-order valence-electron chi connectivity index (χ4n) is 1.90. The summed E-state index contributed by atoms with van der Waals surface area (Å²) in [4.78, 5) is 4.02. The van der Waals surface area contributed by atoms with Gasteiger partial charge in [0.1, 0.15) is 0 Å². The molecule has 3 aromatic rings. The first-order chi connectivity index (χ1) is 9.68. The second-order valence-electron chi connectivity index (χ2n) is 3.99. The summed E-state index contributed by atoms with van der Waals surface area (Å²) in [5.41, 5.74) is 1.85. The van der Waals surface area contributed by atoms with Crippen molar-refractivity contribution < 1.29 is 0 Å². The van der Waals surface area contributed by atoms with Gasteiger partial charge in [0.05, 0.1) is 5.69 Å². The van der Waals surface area contributed by atoms with Crippen LogP contribution in [0.25, 0.3) is 17.1 Å². The minimum Gasteiger partial charge on any atom is -0.266 e. The summed E-state index contributed by atoms with van der Waals surface area (Å²) >= 11 is 12.5. The van der Waals surface area contributed by atoms with Gasteiger partial charge in [-0.3, -0.25) is 14.6 Å². The van der Waals surface area contributed by atoms with Crippen LogP contribution in [0.3, 0.4) is 0 Å². The summed E-state index contributed by atoms with van der Waals surface area (Å²) in [7, 11) is 0. The third-order valence-corrected chi connectivity index (χ3v) is 4.33. The lowest BCUT2D eigenvalue weighted by Crippen LogP contribution is -2.00. The van der Waals surface area contributed by atoms with E-state index < -0.39 is 0 Å². The highest BCUT2D eigenvalue weighted by Gasteiger charge is 2.15. The molecule has 0 amide bonds. The molecule has 0 bridgehead atoms. The fraction of sp³-hybridized carbons (Fsp3) is 0. The number of nitrogens with zero attached hydrogens (tertiary/aromatic N) is 3. The van der Waals surface area contributed by atoms with E-state index in [9.17, 15) is 0 Å². The van der Waals surface area contributed by atoms with Gasteiger partial charge in [-0.1, -0.05) is 6.07 Å². The molecule has 2 aromatic heterocycles. The molecule has 3 rings (SSSR count). The summed E-state index contributed by atoms with van der Waals surface area (Å²) in [6, 6.07) is 9.67. The van der Waals surface area contributed by atoms with E-state index in [-0.39, 0.29) is 0 Å². The summed E-state index contributed by atoms with van der Waals surface area (Å²) in [5, 5.41) is 7.16. The van der Waals surface area contributed by atoms with Crippen LogP contribution < -0.4 is 0 Å². The van der Waals surface area contributed by atoms with Gasteiger partial charge >= 0.3 is 0 Å². The minimum absolute atomic E-state index is 0.532. The molecule has 100 valence electrons. The Hall–Kier alpha value is -1.31. The average Bonchev–Trinajstić information content (AvgIpc) is 2.82. The van der Waals surface area contributed by atoms with Crippen molar-refractivity contribution in [2.24, 2.45) is 0 Å². The van der Waals surface area contributed by atoms with Gasteiger partial charge in [-0.15, -0.1) is 0 Å². The van der Waals surface area contributed by atoms with Crippen LogP contribution in [-0.2, 0) is 0 Å². The van der Waals surface area contributed by atoms with Crippen LogP contribution in [0.2, 0.25) is 0 Å². The molecule has 4 nitrogen and oxygen atoms in total. The first-order valence-electron chi connectivity index (χ1n) is 5.70. The first-order valence-corrected chi connectivity index (χ1v) is 7.70. The molecule has 20 heavy (non-hydrogen) atoms. The predicted octanol–water partition coefficient (Wildman–Crippen LogP) is 4.52. The molecule has 0 aliphatic rings. The molecule has 2 heterocycles. The van der Waals surface area contributed by atoms with Crippen LogP contribution in [0.5, 0.6) is 0 Å². The van der Waals surface area contributed by atoms with Crippen molar-refractivity contribution >= 4 is 44.1 Å². The number of H-pyrrole nitrogens is 1. The number of halogens is 2. The number of nitrogens with one attached hydrogen (secondary N) is 1. The number of hydrogen-bond donors (Lipinski definition) is 1. The van der Waals surface area contributed by atoms with Gasteiger partial charge in [-0.2, -0.15) is 5.10 Å². The highest BCUT2D eigenvalue weighted by Crippen LogP contribution is 2.32. The Balaban J connectivity index is 2.31.